The Bertz CT molecular complexity index is 215. The highest BCUT2D eigenvalue weighted by Gasteiger charge is 2.32. The van der Waals surface area contributed by atoms with Crippen molar-refractivity contribution in [3.8, 4) is 0 Å². The van der Waals surface area contributed by atoms with E-state index >= 15 is 0 Å². The average molecular weight is 150 g/mol. The van der Waals surface area contributed by atoms with Crippen LogP contribution in [0, 0.1) is 11.8 Å². The molecule has 2 rings (SSSR count). The van der Waals surface area contributed by atoms with Gasteiger partial charge in [0, 0.05) is 5.92 Å². The van der Waals surface area contributed by atoms with Crippen LogP contribution in [0.3, 0.4) is 0 Å². The first kappa shape index (κ1) is 7.11. The van der Waals surface area contributed by atoms with E-state index in [1.54, 1.807) is 0 Å². The molecule has 0 unspecified atom stereocenters. The Balaban J connectivity index is 2.25. The molecule has 3 atom stereocenters. The lowest BCUT2D eigenvalue weighted by Crippen LogP contribution is -2.27. The molecular weight excluding hydrogens is 136 g/mol. The summed E-state index contributed by atoms with van der Waals surface area (Å²) in [7, 11) is 0. The second-order valence-corrected chi connectivity index (χ2v) is 3.60. The molecule has 1 nitrogen and oxygen atoms in total. The van der Waals surface area contributed by atoms with Crippen LogP contribution in [0.2, 0.25) is 0 Å². The fourth-order valence-corrected chi connectivity index (χ4v) is 2.18. The van der Waals surface area contributed by atoms with Crippen molar-refractivity contribution in [2.24, 2.45) is 11.8 Å². The summed E-state index contributed by atoms with van der Waals surface area (Å²) in [6.07, 6.45) is 8.42. The van der Waals surface area contributed by atoms with E-state index in [0.717, 1.165) is 12.8 Å². The Labute approximate surface area is 67.4 Å². The van der Waals surface area contributed by atoms with Crippen molar-refractivity contribution in [2.45, 2.75) is 25.9 Å². The van der Waals surface area contributed by atoms with Crippen LogP contribution in [0.4, 0.5) is 0 Å². The van der Waals surface area contributed by atoms with Crippen LogP contribution in [0.15, 0.2) is 23.8 Å². The Kier molecular flexibility index (Phi) is 1.61. The Morgan fingerprint density at radius 3 is 3.00 bits per heavy atom. The summed E-state index contributed by atoms with van der Waals surface area (Å²) in [6.45, 7) is 2.17. The third-order valence-electron chi connectivity index (χ3n) is 2.91. The maximum atomic E-state index is 9.61. The topological polar surface area (TPSA) is 20.2 Å². The number of hydrogen-bond acceptors (Lipinski definition) is 1. The molecular formula is C10H14O. The van der Waals surface area contributed by atoms with Crippen LogP contribution in [0.1, 0.15) is 19.8 Å². The third kappa shape index (κ3) is 1.04. The second-order valence-electron chi connectivity index (χ2n) is 3.60. The molecule has 11 heavy (non-hydrogen) atoms. The number of fused-ring (bicyclic) bond motifs is 1. The molecule has 2 aliphatic rings. The molecule has 0 radical (unpaired) electrons. The normalized spacial score (nSPS) is 42.0. The molecule has 0 aliphatic heterocycles. The minimum absolute atomic E-state index is 0.0984. The quantitative estimate of drug-likeness (QED) is 0.523. The fraction of sp³-hybridized carbons (Fsp3) is 0.600. The van der Waals surface area contributed by atoms with Crippen LogP contribution in [0.5, 0.6) is 0 Å². The van der Waals surface area contributed by atoms with E-state index in [-0.39, 0.29) is 6.10 Å². The van der Waals surface area contributed by atoms with Gasteiger partial charge < -0.3 is 5.11 Å². The zero-order valence-corrected chi connectivity index (χ0v) is 6.83. The van der Waals surface area contributed by atoms with Crippen LogP contribution in [-0.4, -0.2) is 11.2 Å². The Morgan fingerprint density at radius 2 is 2.27 bits per heavy atom. The van der Waals surface area contributed by atoms with Gasteiger partial charge in [-0.15, -0.1) is 0 Å². The lowest BCUT2D eigenvalue weighted by atomic mass is 9.79. The summed E-state index contributed by atoms with van der Waals surface area (Å²) < 4.78 is 0. The SMILES string of the molecule is CC1=CC[C@@H](O)[C@H]2CC=C[C@@H]12. The summed E-state index contributed by atoms with van der Waals surface area (Å²) in [5.74, 6) is 1.03. The number of hydrogen-bond donors (Lipinski definition) is 1. The number of aliphatic hydroxyl groups excluding tert-OH is 1. The smallest absolute Gasteiger partial charge is 0.0614 e. The van der Waals surface area contributed by atoms with Gasteiger partial charge in [-0.1, -0.05) is 23.8 Å². The zero-order valence-electron chi connectivity index (χ0n) is 6.83. The predicted molar refractivity (Wildman–Crippen MR) is 45.1 cm³/mol. The van der Waals surface area contributed by atoms with Crippen LogP contribution < -0.4 is 0 Å². The van der Waals surface area contributed by atoms with E-state index in [0.29, 0.717) is 11.8 Å². The van der Waals surface area contributed by atoms with Crippen molar-refractivity contribution < 1.29 is 5.11 Å². The molecule has 0 fully saturated rings. The van der Waals surface area contributed by atoms with Crippen molar-refractivity contribution in [3.63, 3.8) is 0 Å². The second kappa shape index (κ2) is 2.49. The Morgan fingerprint density at radius 1 is 1.45 bits per heavy atom. The van der Waals surface area contributed by atoms with Gasteiger partial charge in [-0.3, -0.25) is 0 Å². The summed E-state index contributed by atoms with van der Waals surface area (Å²) in [4.78, 5) is 0. The summed E-state index contributed by atoms with van der Waals surface area (Å²) in [5.41, 5.74) is 1.44. The molecule has 0 spiro atoms. The maximum Gasteiger partial charge on any atom is 0.0614 e. The van der Waals surface area contributed by atoms with Gasteiger partial charge in [-0.25, -0.2) is 0 Å². The van der Waals surface area contributed by atoms with Gasteiger partial charge >= 0.3 is 0 Å². The van der Waals surface area contributed by atoms with E-state index in [1.165, 1.54) is 5.57 Å². The monoisotopic (exact) mass is 150 g/mol. The van der Waals surface area contributed by atoms with Gasteiger partial charge in [-0.2, -0.15) is 0 Å². The molecule has 2 aliphatic carbocycles. The highest BCUT2D eigenvalue weighted by atomic mass is 16.3. The first-order valence-corrected chi connectivity index (χ1v) is 4.30. The molecule has 0 amide bonds. The number of aliphatic hydroxyl groups is 1. The van der Waals surface area contributed by atoms with E-state index in [2.05, 4.69) is 25.2 Å². The van der Waals surface area contributed by atoms with Gasteiger partial charge in [0.25, 0.3) is 0 Å². The molecule has 1 heteroatoms. The van der Waals surface area contributed by atoms with Gasteiger partial charge in [-0.05, 0) is 25.7 Å². The van der Waals surface area contributed by atoms with Crippen LogP contribution in [-0.2, 0) is 0 Å². The molecule has 0 bridgehead atoms. The van der Waals surface area contributed by atoms with Crippen molar-refractivity contribution >= 4 is 0 Å². The van der Waals surface area contributed by atoms with Gasteiger partial charge in [0.05, 0.1) is 6.10 Å². The predicted octanol–water partition coefficient (Wildman–Crippen LogP) is 1.89. The van der Waals surface area contributed by atoms with Crippen LogP contribution in [0.25, 0.3) is 0 Å². The summed E-state index contributed by atoms with van der Waals surface area (Å²) in [5, 5.41) is 9.61. The highest BCUT2D eigenvalue weighted by molar-refractivity contribution is 5.22. The van der Waals surface area contributed by atoms with Crippen LogP contribution >= 0.6 is 0 Å². The fourth-order valence-electron chi connectivity index (χ4n) is 2.18. The first-order valence-electron chi connectivity index (χ1n) is 4.30. The maximum absolute atomic E-state index is 9.61. The largest absolute Gasteiger partial charge is 0.392 e. The third-order valence-corrected chi connectivity index (χ3v) is 2.91. The van der Waals surface area contributed by atoms with E-state index in [4.69, 9.17) is 0 Å². The molecule has 1 N–H and O–H groups in total. The van der Waals surface area contributed by atoms with Crippen molar-refractivity contribution in [2.75, 3.05) is 0 Å². The van der Waals surface area contributed by atoms with Crippen molar-refractivity contribution in [3.05, 3.63) is 23.8 Å². The molecule has 60 valence electrons. The van der Waals surface area contributed by atoms with E-state index < -0.39 is 0 Å². The zero-order chi connectivity index (χ0) is 7.84. The van der Waals surface area contributed by atoms with E-state index in [9.17, 15) is 5.11 Å². The average Bonchev–Trinajstić information content (AvgIpc) is 2.45. The van der Waals surface area contributed by atoms with Gasteiger partial charge in [0.2, 0.25) is 0 Å². The van der Waals surface area contributed by atoms with Gasteiger partial charge in [0.1, 0.15) is 0 Å². The molecule has 0 saturated heterocycles. The highest BCUT2D eigenvalue weighted by Crippen LogP contribution is 2.38. The molecule has 0 aromatic carbocycles. The lowest BCUT2D eigenvalue weighted by molar-refractivity contribution is 0.0930. The minimum Gasteiger partial charge on any atom is -0.392 e. The summed E-state index contributed by atoms with van der Waals surface area (Å²) >= 11 is 0. The number of allylic oxidation sites excluding steroid dienone is 3. The Hall–Kier alpha value is -0.560. The molecule has 0 aromatic heterocycles. The molecule has 0 saturated carbocycles. The minimum atomic E-state index is -0.0984. The number of rotatable bonds is 0. The summed E-state index contributed by atoms with van der Waals surface area (Å²) in [6, 6.07) is 0. The van der Waals surface area contributed by atoms with Crippen molar-refractivity contribution in [1.29, 1.82) is 0 Å². The first-order chi connectivity index (χ1) is 5.29. The lowest BCUT2D eigenvalue weighted by Gasteiger charge is -2.29. The van der Waals surface area contributed by atoms with Gasteiger partial charge in [0.15, 0.2) is 0 Å². The van der Waals surface area contributed by atoms with E-state index in [1.807, 2.05) is 0 Å². The standard InChI is InChI=1S/C10H14O/c1-7-5-6-10(11)9-4-2-3-8(7)9/h2-3,5,8-11H,4,6H2,1H3/t8-,9-,10+/m0/s1. The molecule has 0 aromatic rings. The van der Waals surface area contributed by atoms with Crippen molar-refractivity contribution in [1.82, 2.24) is 0 Å². The molecule has 0 heterocycles.